The second-order valence-corrected chi connectivity index (χ2v) is 2.75. The molecule has 19 heavy (non-hydrogen) atoms. The van der Waals surface area contributed by atoms with Crippen LogP contribution >= 0.6 is 0 Å². The second kappa shape index (κ2) is 18.5. The molecule has 0 spiro atoms. The van der Waals surface area contributed by atoms with E-state index in [1.165, 1.54) is 6.08 Å². The van der Waals surface area contributed by atoms with Crippen LogP contribution < -0.4 is 0 Å². The first-order valence-corrected chi connectivity index (χ1v) is 6.66. The molecule has 0 unspecified atom stereocenters. The average molecular weight is 260 g/mol. The molecule has 0 aliphatic heterocycles. The van der Waals surface area contributed by atoms with Crippen molar-refractivity contribution in [3.05, 3.63) is 73.4 Å². The number of rotatable bonds is 6. The van der Waals surface area contributed by atoms with Gasteiger partial charge in [0.25, 0.3) is 0 Å². The summed E-state index contributed by atoms with van der Waals surface area (Å²) in [5.74, 6) is -0.0806. The molecule has 0 heterocycles. The normalized spacial score (nSPS) is 10.6. The predicted octanol–water partition coefficient (Wildman–Crippen LogP) is 5.59. The molecule has 0 N–H and O–H groups in total. The minimum absolute atomic E-state index is 0.0806. The van der Waals surface area contributed by atoms with Crippen molar-refractivity contribution in [2.75, 3.05) is 0 Å². The Kier molecular flexibility index (Phi) is 21.7. The van der Waals surface area contributed by atoms with Gasteiger partial charge in [0, 0.05) is 11.1 Å². The van der Waals surface area contributed by atoms with Crippen LogP contribution in [0.5, 0.6) is 0 Å². The molecule has 0 aliphatic carbocycles. The number of carbonyl (C=O) groups excluding carboxylic acids is 1. The smallest absolute Gasteiger partial charge is 0.192 e. The van der Waals surface area contributed by atoms with Crippen LogP contribution in [0.2, 0.25) is 0 Å². The van der Waals surface area contributed by atoms with Gasteiger partial charge in [-0.15, -0.1) is 0 Å². The second-order valence-electron chi connectivity index (χ2n) is 2.75. The van der Waals surface area contributed by atoms with Crippen molar-refractivity contribution in [1.29, 1.82) is 0 Å². The van der Waals surface area contributed by atoms with Gasteiger partial charge in [0.15, 0.2) is 5.78 Å². The van der Waals surface area contributed by atoms with Crippen molar-refractivity contribution in [2.45, 2.75) is 34.6 Å². The van der Waals surface area contributed by atoms with Crippen molar-refractivity contribution in [3.63, 3.8) is 0 Å². The van der Waals surface area contributed by atoms with Crippen molar-refractivity contribution in [3.8, 4) is 0 Å². The van der Waals surface area contributed by atoms with E-state index >= 15 is 0 Å². The summed E-state index contributed by atoms with van der Waals surface area (Å²) in [5, 5.41) is 0. The zero-order chi connectivity index (χ0) is 15.7. The summed E-state index contributed by atoms with van der Waals surface area (Å²) in [6, 6.07) is 0. The molecular formula is C18H28O. The minimum Gasteiger partial charge on any atom is -0.289 e. The van der Waals surface area contributed by atoms with Gasteiger partial charge in [0.1, 0.15) is 0 Å². The highest BCUT2D eigenvalue weighted by Gasteiger charge is 2.08. The van der Waals surface area contributed by atoms with Crippen LogP contribution in [0, 0.1) is 0 Å². The van der Waals surface area contributed by atoms with Gasteiger partial charge in [-0.25, -0.2) is 0 Å². The van der Waals surface area contributed by atoms with Gasteiger partial charge < -0.3 is 0 Å². The number of hydrogen-bond acceptors (Lipinski definition) is 1. The lowest BCUT2D eigenvalue weighted by atomic mass is 10.0. The van der Waals surface area contributed by atoms with Gasteiger partial charge in [-0.05, 0) is 6.92 Å². The van der Waals surface area contributed by atoms with E-state index in [-0.39, 0.29) is 5.78 Å². The monoisotopic (exact) mass is 260 g/mol. The fraction of sp³-hybridized carbons (Fsp3) is 0.278. The Hall–Kier alpha value is -1.89. The first kappa shape index (κ1) is 22.3. The topological polar surface area (TPSA) is 17.1 Å². The SMILES string of the molecule is C=C/C=C(\C=C)C(=O)C(/C=C\C)=C/C=C.CC.CC. The average Bonchev–Trinajstić information content (AvgIpc) is 2.48. The lowest BCUT2D eigenvalue weighted by molar-refractivity contribution is -0.111. The molecule has 0 rings (SSSR count). The van der Waals surface area contributed by atoms with E-state index in [1.54, 1.807) is 30.4 Å². The third kappa shape index (κ3) is 11.0. The van der Waals surface area contributed by atoms with E-state index in [2.05, 4.69) is 19.7 Å². The molecule has 0 atom stereocenters. The van der Waals surface area contributed by atoms with Crippen LogP contribution in [0.4, 0.5) is 0 Å². The third-order valence-corrected chi connectivity index (χ3v) is 1.69. The molecule has 0 aliphatic rings. The summed E-state index contributed by atoms with van der Waals surface area (Å²) in [6.07, 6.45) is 11.5. The highest BCUT2D eigenvalue weighted by Crippen LogP contribution is 2.09. The van der Waals surface area contributed by atoms with Crippen LogP contribution in [-0.4, -0.2) is 5.78 Å². The van der Waals surface area contributed by atoms with E-state index in [1.807, 2.05) is 40.7 Å². The maximum Gasteiger partial charge on any atom is 0.192 e. The third-order valence-electron chi connectivity index (χ3n) is 1.69. The van der Waals surface area contributed by atoms with Crippen molar-refractivity contribution >= 4 is 5.78 Å². The lowest BCUT2D eigenvalue weighted by Gasteiger charge is -2.00. The highest BCUT2D eigenvalue weighted by molar-refractivity contribution is 6.12. The standard InChI is InChI=1S/C14H16O.2C2H6/c1-5-9-12(8-4)14(15)13(10-6-2)11-7-3;2*1-2/h5-11H,1-2,4H2,3H3;2*1-2H3/b11-7-,12-9+,13-10+;;. The van der Waals surface area contributed by atoms with E-state index in [9.17, 15) is 4.79 Å². The molecule has 0 amide bonds. The number of allylic oxidation sites excluding steroid dienone is 9. The molecule has 0 saturated carbocycles. The lowest BCUT2D eigenvalue weighted by Crippen LogP contribution is -2.02. The van der Waals surface area contributed by atoms with Crippen LogP contribution in [0.1, 0.15) is 34.6 Å². The molecule has 0 aromatic heterocycles. The van der Waals surface area contributed by atoms with E-state index < -0.39 is 0 Å². The van der Waals surface area contributed by atoms with Gasteiger partial charge in [-0.1, -0.05) is 90.0 Å². The van der Waals surface area contributed by atoms with Crippen molar-refractivity contribution in [1.82, 2.24) is 0 Å². The molecule has 1 nitrogen and oxygen atoms in total. The maximum atomic E-state index is 11.9. The predicted molar refractivity (Wildman–Crippen MR) is 89.3 cm³/mol. The number of hydrogen-bond donors (Lipinski definition) is 0. The Morgan fingerprint density at radius 2 is 1.26 bits per heavy atom. The Morgan fingerprint density at radius 3 is 1.58 bits per heavy atom. The first-order chi connectivity index (χ1) is 9.21. The summed E-state index contributed by atoms with van der Waals surface area (Å²) >= 11 is 0. The van der Waals surface area contributed by atoms with Crippen LogP contribution in [0.25, 0.3) is 0 Å². The van der Waals surface area contributed by atoms with Crippen LogP contribution in [0.15, 0.2) is 73.4 Å². The molecule has 0 saturated heterocycles. The zero-order valence-electron chi connectivity index (χ0n) is 13.1. The quantitative estimate of drug-likeness (QED) is 0.449. The zero-order valence-corrected chi connectivity index (χ0v) is 13.1. The largest absolute Gasteiger partial charge is 0.289 e. The van der Waals surface area contributed by atoms with Crippen molar-refractivity contribution in [2.24, 2.45) is 0 Å². The number of carbonyl (C=O) groups is 1. The fourth-order valence-electron chi connectivity index (χ4n) is 1.04. The maximum absolute atomic E-state index is 11.9. The number of ketones is 1. The molecule has 0 aromatic carbocycles. The van der Waals surface area contributed by atoms with Crippen LogP contribution in [0.3, 0.4) is 0 Å². The molecule has 0 radical (unpaired) electrons. The molecule has 0 aromatic rings. The minimum atomic E-state index is -0.0806. The molecule has 1 heteroatoms. The Morgan fingerprint density at radius 1 is 0.842 bits per heavy atom. The molecular weight excluding hydrogens is 232 g/mol. The van der Waals surface area contributed by atoms with E-state index in [0.29, 0.717) is 11.1 Å². The van der Waals surface area contributed by atoms with Gasteiger partial charge in [0.2, 0.25) is 0 Å². The van der Waals surface area contributed by atoms with Gasteiger partial charge in [-0.2, -0.15) is 0 Å². The summed E-state index contributed by atoms with van der Waals surface area (Å²) < 4.78 is 0. The van der Waals surface area contributed by atoms with Crippen LogP contribution in [-0.2, 0) is 4.79 Å². The molecule has 0 bridgehead atoms. The first-order valence-electron chi connectivity index (χ1n) is 6.66. The highest BCUT2D eigenvalue weighted by atomic mass is 16.1. The molecule has 106 valence electrons. The van der Waals surface area contributed by atoms with Gasteiger partial charge >= 0.3 is 0 Å². The van der Waals surface area contributed by atoms with Gasteiger partial charge in [-0.3, -0.25) is 4.79 Å². The Balaban J connectivity index is -0.000000579. The van der Waals surface area contributed by atoms with E-state index in [4.69, 9.17) is 0 Å². The van der Waals surface area contributed by atoms with Crippen molar-refractivity contribution < 1.29 is 4.79 Å². The summed E-state index contributed by atoms with van der Waals surface area (Å²) in [6.45, 7) is 20.6. The number of Topliss-reactive ketones (excluding diaryl/α,β-unsaturated/α-hetero) is 1. The fourth-order valence-corrected chi connectivity index (χ4v) is 1.04. The summed E-state index contributed by atoms with van der Waals surface area (Å²) in [4.78, 5) is 11.9. The van der Waals surface area contributed by atoms with E-state index in [0.717, 1.165) is 0 Å². The Bertz CT molecular complexity index is 352. The summed E-state index contributed by atoms with van der Waals surface area (Å²) in [5.41, 5.74) is 1.11. The van der Waals surface area contributed by atoms with Gasteiger partial charge in [0.05, 0.1) is 0 Å². The summed E-state index contributed by atoms with van der Waals surface area (Å²) in [7, 11) is 0. The Labute approximate surface area is 119 Å². The molecule has 0 fully saturated rings.